The average molecular weight is 222 g/mol. The molecular formula is C8H16BrNO. The molecule has 0 heterocycles. The Morgan fingerprint density at radius 2 is 2.18 bits per heavy atom. The van der Waals surface area contributed by atoms with Gasteiger partial charge in [0.2, 0.25) is 5.91 Å². The molecule has 1 amide bonds. The Labute approximate surface area is 77.1 Å². The van der Waals surface area contributed by atoms with Crippen LogP contribution in [0.15, 0.2) is 0 Å². The third-order valence-corrected chi connectivity index (χ3v) is 2.05. The first-order chi connectivity index (χ1) is 5.07. The van der Waals surface area contributed by atoms with Crippen molar-refractivity contribution in [3.05, 3.63) is 0 Å². The van der Waals surface area contributed by atoms with Gasteiger partial charge in [-0.05, 0) is 6.42 Å². The fourth-order valence-electron chi connectivity index (χ4n) is 0.766. The van der Waals surface area contributed by atoms with Gasteiger partial charge in [-0.25, -0.2) is 0 Å². The first-order valence-corrected chi connectivity index (χ1v) is 4.87. The number of alkyl halides is 1. The van der Waals surface area contributed by atoms with Crippen LogP contribution in [-0.4, -0.2) is 29.2 Å². The molecule has 0 radical (unpaired) electrons. The van der Waals surface area contributed by atoms with E-state index in [-0.39, 0.29) is 5.91 Å². The Hall–Kier alpha value is -0.0500. The second-order valence-corrected chi connectivity index (χ2v) is 4.30. The zero-order chi connectivity index (χ0) is 8.85. The SMILES string of the molecule is CCC(=O)N(C)CCC(C)Br. The Balaban J connectivity index is 3.52. The fraction of sp³-hybridized carbons (Fsp3) is 0.875. The number of amides is 1. The van der Waals surface area contributed by atoms with Gasteiger partial charge in [-0.1, -0.05) is 29.8 Å². The standard InChI is InChI=1S/C8H16BrNO/c1-4-8(11)10(3)6-5-7(2)9/h7H,4-6H2,1-3H3. The highest BCUT2D eigenvalue weighted by atomic mass is 79.9. The molecule has 0 aliphatic heterocycles. The molecule has 0 aromatic rings. The maximum absolute atomic E-state index is 11.0. The van der Waals surface area contributed by atoms with Gasteiger partial charge in [0.05, 0.1) is 0 Å². The van der Waals surface area contributed by atoms with E-state index in [4.69, 9.17) is 0 Å². The minimum absolute atomic E-state index is 0.221. The molecule has 0 fully saturated rings. The van der Waals surface area contributed by atoms with E-state index in [2.05, 4.69) is 22.9 Å². The van der Waals surface area contributed by atoms with Crippen LogP contribution in [0, 0.1) is 0 Å². The van der Waals surface area contributed by atoms with Crippen LogP contribution in [0.4, 0.5) is 0 Å². The van der Waals surface area contributed by atoms with E-state index in [9.17, 15) is 4.79 Å². The summed E-state index contributed by atoms with van der Waals surface area (Å²) in [6.07, 6.45) is 1.62. The van der Waals surface area contributed by atoms with Gasteiger partial charge in [-0.15, -0.1) is 0 Å². The minimum atomic E-state index is 0.221. The zero-order valence-electron chi connectivity index (χ0n) is 7.43. The van der Waals surface area contributed by atoms with Crippen LogP contribution in [0.25, 0.3) is 0 Å². The van der Waals surface area contributed by atoms with Crippen LogP contribution in [0.2, 0.25) is 0 Å². The molecule has 2 nitrogen and oxygen atoms in total. The molecule has 0 aromatic carbocycles. The normalized spacial score (nSPS) is 12.7. The number of hydrogen-bond acceptors (Lipinski definition) is 1. The molecule has 0 saturated carbocycles. The third-order valence-electron chi connectivity index (χ3n) is 1.59. The summed E-state index contributed by atoms with van der Waals surface area (Å²) in [4.78, 5) is 13.3. The summed E-state index contributed by atoms with van der Waals surface area (Å²) in [5.41, 5.74) is 0. The summed E-state index contributed by atoms with van der Waals surface area (Å²) in [5.74, 6) is 0.221. The lowest BCUT2D eigenvalue weighted by Gasteiger charge is -2.16. The number of halogens is 1. The van der Waals surface area contributed by atoms with E-state index in [1.165, 1.54) is 0 Å². The number of hydrogen-bond donors (Lipinski definition) is 0. The molecule has 3 heteroatoms. The Morgan fingerprint density at radius 3 is 2.55 bits per heavy atom. The van der Waals surface area contributed by atoms with Gasteiger partial charge in [0.25, 0.3) is 0 Å². The second-order valence-electron chi connectivity index (χ2n) is 2.74. The van der Waals surface area contributed by atoms with Gasteiger partial charge < -0.3 is 4.90 Å². The topological polar surface area (TPSA) is 20.3 Å². The lowest BCUT2D eigenvalue weighted by molar-refractivity contribution is -0.129. The molecule has 0 aliphatic rings. The molecule has 66 valence electrons. The lowest BCUT2D eigenvalue weighted by atomic mass is 10.3. The van der Waals surface area contributed by atoms with E-state index in [1.54, 1.807) is 4.90 Å². The number of carbonyl (C=O) groups is 1. The van der Waals surface area contributed by atoms with E-state index >= 15 is 0 Å². The van der Waals surface area contributed by atoms with Crippen LogP contribution in [0.1, 0.15) is 26.7 Å². The van der Waals surface area contributed by atoms with Gasteiger partial charge in [-0.2, -0.15) is 0 Å². The van der Waals surface area contributed by atoms with Crippen molar-refractivity contribution in [1.29, 1.82) is 0 Å². The maximum atomic E-state index is 11.0. The summed E-state index contributed by atoms with van der Waals surface area (Å²) in [7, 11) is 1.85. The third kappa shape index (κ3) is 5.24. The lowest BCUT2D eigenvalue weighted by Crippen LogP contribution is -2.27. The van der Waals surface area contributed by atoms with Gasteiger partial charge in [-0.3, -0.25) is 4.79 Å². The minimum Gasteiger partial charge on any atom is -0.346 e. The predicted molar refractivity (Wildman–Crippen MR) is 50.9 cm³/mol. The molecule has 0 aliphatic carbocycles. The maximum Gasteiger partial charge on any atom is 0.222 e. The van der Waals surface area contributed by atoms with E-state index in [1.807, 2.05) is 14.0 Å². The van der Waals surface area contributed by atoms with Crippen molar-refractivity contribution in [3.63, 3.8) is 0 Å². The van der Waals surface area contributed by atoms with Crippen molar-refractivity contribution >= 4 is 21.8 Å². The molecule has 0 saturated heterocycles. The van der Waals surface area contributed by atoms with Gasteiger partial charge in [0, 0.05) is 24.8 Å². The van der Waals surface area contributed by atoms with Gasteiger partial charge >= 0.3 is 0 Å². The molecule has 1 unspecified atom stereocenters. The van der Waals surface area contributed by atoms with Crippen molar-refractivity contribution in [2.24, 2.45) is 0 Å². The molecule has 1 atom stereocenters. The second kappa shape index (κ2) is 5.58. The van der Waals surface area contributed by atoms with Crippen molar-refractivity contribution < 1.29 is 4.79 Å². The number of carbonyl (C=O) groups excluding carboxylic acids is 1. The van der Waals surface area contributed by atoms with Crippen molar-refractivity contribution in [2.75, 3.05) is 13.6 Å². The molecular weight excluding hydrogens is 206 g/mol. The summed E-state index contributed by atoms with van der Waals surface area (Å²) in [5, 5.41) is 0. The highest BCUT2D eigenvalue weighted by Crippen LogP contribution is 2.04. The molecule has 11 heavy (non-hydrogen) atoms. The molecule has 0 rings (SSSR count). The Morgan fingerprint density at radius 1 is 1.64 bits per heavy atom. The van der Waals surface area contributed by atoms with Crippen LogP contribution >= 0.6 is 15.9 Å². The largest absolute Gasteiger partial charge is 0.346 e. The summed E-state index contributed by atoms with van der Waals surface area (Å²) >= 11 is 3.44. The van der Waals surface area contributed by atoms with Gasteiger partial charge in [0.15, 0.2) is 0 Å². The Bertz CT molecular complexity index is 125. The fourth-order valence-corrected chi connectivity index (χ4v) is 0.971. The number of nitrogens with zero attached hydrogens (tertiary/aromatic N) is 1. The summed E-state index contributed by atoms with van der Waals surface area (Å²) in [6, 6.07) is 0. The summed E-state index contributed by atoms with van der Waals surface area (Å²) < 4.78 is 0. The van der Waals surface area contributed by atoms with Crippen LogP contribution in [0.5, 0.6) is 0 Å². The molecule has 0 spiro atoms. The molecule has 0 aromatic heterocycles. The zero-order valence-corrected chi connectivity index (χ0v) is 9.02. The summed E-state index contributed by atoms with van der Waals surface area (Å²) in [6.45, 7) is 4.82. The van der Waals surface area contributed by atoms with E-state index < -0.39 is 0 Å². The molecule has 0 bridgehead atoms. The highest BCUT2D eigenvalue weighted by Gasteiger charge is 2.05. The van der Waals surface area contributed by atoms with E-state index in [0.29, 0.717) is 11.2 Å². The monoisotopic (exact) mass is 221 g/mol. The smallest absolute Gasteiger partial charge is 0.222 e. The first-order valence-electron chi connectivity index (χ1n) is 3.96. The Kier molecular flexibility index (Phi) is 5.56. The van der Waals surface area contributed by atoms with Crippen molar-refractivity contribution in [3.8, 4) is 0 Å². The van der Waals surface area contributed by atoms with Crippen LogP contribution in [0.3, 0.4) is 0 Å². The van der Waals surface area contributed by atoms with E-state index in [0.717, 1.165) is 13.0 Å². The predicted octanol–water partition coefficient (Wildman–Crippen LogP) is 2.03. The first kappa shape index (κ1) is 11.0. The quantitative estimate of drug-likeness (QED) is 0.666. The van der Waals surface area contributed by atoms with Crippen LogP contribution < -0.4 is 0 Å². The van der Waals surface area contributed by atoms with Gasteiger partial charge in [0.1, 0.15) is 0 Å². The van der Waals surface area contributed by atoms with Crippen LogP contribution in [-0.2, 0) is 4.79 Å². The van der Waals surface area contributed by atoms with Crippen molar-refractivity contribution in [1.82, 2.24) is 4.90 Å². The number of rotatable bonds is 4. The average Bonchev–Trinajstić information content (AvgIpc) is 1.98. The highest BCUT2D eigenvalue weighted by molar-refractivity contribution is 9.09. The molecule has 0 N–H and O–H groups in total. The van der Waals surface area contributed by atoms with Crippen molar-refractivity contribution in [2.45, 2.75) is 31.5 Å².